The maximum absolute atomic E-state index is 9.08. The van der Waals surface area contributed by atoms with Crippen LogP contribution in [0.2, 0.25) is 0 Å². The van der Waals surface area contributed by atoms with Gasteiger partial charge in [0.25, 0.3) is 0 Å². The van der Waals surface area contributed by atoms with Crippen molar-refractivity contribution in [3.05, 3.63) is 18.0 Å². The van der Waals surface area contributed by atoms with Gasteiger partial charge in [-0.1, -0.05) is 12.1 Å². The Morgan fingerprint density at radius 1 is 1.89 bits per heavy atom. The van der Waals surface area contributed by atoms with E-state index in [0.29, 0.717) is 12.2 Å². The van der Waals surface area contributed by atoms with Crippen molar-refractivity contribution in [3.8, 4) is 0 Å². The van der Waals surface area contributed by atoms with Crippen molar-refractivity contribution in [1.82, 2.24) is 5.16 Å². The lowest BCUT2D eigenvalue weighted by molar-refractivity contribution is 0.136. The molecule has 0 saturated heterocycles. The van der Waals surface area contributed by atoms with Crippen LogP contribution >= 0.6 is 0 Å². The summed E-state index contributed by atoms with van der Waals surface area (Å²) in [5.41, 5.74) is 0. The normalized spacial score (nSPS) is 13.6. The van der Waals surface area contributed by atoms with Gasteiger partial charge in [0.15, 0.2) is 5.76 Å². The summed E-state index contributed by atoms with van der Waals surface area (Å²) in [7, 11) is 0. The van der Waals surface area contributed by atoms with E-state index in [-0.39, 0.29) is 0 Å². The van der Waals surface area contributed by atoms with Crippen LogP contribution in [0.25, 0.3) is 0 Å². The van der Waals surface area contributed by atoms with Crippen molar-refractivity contribution in [1.29, 1.82) is 0 Å². The molecule has 1 N–H and O–H groups in total. The molecule has 3 heteroatoms. The first-order valence-corrected chi connectivity index (χ1v) is 2.93. The summed E-state index contributed by atoms with van der Waals surface area (Å²) in [6.07, 6.45) is 1.69. The van der Waals surface area contributed by atoms with Crippen molar-refractivity contribution in [2.75, 3.05) is 0 Å². The largest absolute Gasteiger partial charge is 0.385 e. The van der Waals surface area contributed by atoms with Crippen LogP contribution in [-0.2, 0) is 0 Å². The van der Waals surface area contributed by atoms with Gasteiger partial charge >= 0.3 is 0 Å². The van der Waals surface area contributed by atoms with Crippen molar-refractivity contribution >= 4 is 0 Å². The highest BCUT2D eigenvalue weighted by Gasteiger charge is 2.06. The van der Waals surface area contributed by atoms with E-state index in [1.165, 1.54) is 6.20 Å². The maximum Gasteiger partial charge on any atom is 0.165 e. The van der Waals surface area contributed by atoms with Gasteiger partial charge in [0.05, 0.1) is 6.20 Å². The van der Waals surface area contributed by atoms with Crippen LogP contribution in [-0.4, -0.2) is 10.3 Å². The molecule has 1 aromatic heterocycles. The molecular weight excluding hydrogens is 118 g/mol. The molecule has 1 aromatic rings. The molecule has 1 atom stereocenters. The fraction of sp³-hybridized carbons (Fsp3) is 0.500. The van der Waals surface area contributed by atoms with Gasteiger partial charge in [0.1, 0.15) is 6.10 Å². The fourth-order valence-electron chi connectivity index (χ4n) is 0.599. The third-order valence-electron chi connectivity index (χ3n) is 1.17. The Kier molecular flexibility index (Phi) is 1.85. The average Bonchev–Trinajstić information content (AvgIpc) is 2.37. The zero-order valence-electron chi connectivity index (χ0n) is 5.24. The number of aliphatic hydroxyl groups excluding tert-OH is 1. The molecule has 50 valence electrons. The lowest BCUT2D eigenvalue weighted by Gasteiger charge is -1.98. The summed E-state index contributed by atoms with van der Waals surface area (Å²) in [6.45, 7) is 1.88. The highest BCUT2D eigenvalue weighted by Crippen LogP contribution is 2.13. The highest BCUT2D eigenvalue weighted by atomic mass is 16.5. The number of hydrogen-bond donors (Lipinski definition) is 1. The van der Waals surface area contributed by atoms with Crippen molar-refractivity contribution in [2.45, 2.75) is 19.4 Å². The summed E-state index contributed by atoms with van der Waals surface area (Å²) >= 11 is 0. The monoisotopic (exact) mass is 127 g/mol. The number of aliphatic hydroxyl groups is 1. The van der Waals surface area contributed by atoms with Gasteiger partial charge in [-0.25, -0.2) is 0 Å². The molecule has 1 rings (SSSR count). The first-order chi connectivity index (χ1) is 4.34. The molecule has 0 spiro atoms. The quantitative estimate of drug-likeness (QED) is 0.647. The van der Waals surface area contributed by atoms with E-state index >= 15 is 0 Å². The summed E-state index contributed by atoms with van der Waals surface area (Å²) in [5, 5.41) is 12.5. The smallest absolute Gasteiger partial charge is 0.165 e. The van der Waals surface area contributed by atoms with E-state index in [1.807, 2.05) is 6.92 Å². The SMILES string of the molecule is CCC(O)c1ccno1. The molecule has 0 aromatic carbocycles. The second-order valence-electron chi connectivity index (χ2n) is 1.84. The van der Waals surface area contributed by atoms with Gasteiger partial charge in [-0.15, -0.1) is 0 Å². The third-order valence-corrected chi connectivity index (χ3v) is 1.17. The molecule has 0 fully saturated rings. The van der Waals surface area contributed by atoms with Crippen molar-refractivity contribution < 1.29 is 9.63 Å². The van der Waals surface area contributed by atoms with E-state index < -0.39 is 6.10 Å². The Hall–Kier alpha value is -0.830. The molecule has 1 unspecified atom stereocenters. The van der Waals surface area contributed by atoms with Gasteiger partial charge in [-0.05, 0) is 6.42 Å². The third kappa shape index (κ3) is 1.29. The zero-order valence-corrected chi connectivity index (χ0v) is 5.24. The highest BCUT2D eigenvalue weighted by molar-refractivity contribution is 4.96. The lowest BCUT2D eigenvalue weighted by Crippen LogP contribution is -1.91. The molecule has 9 heavy (non-hydrogen) atoms. The molecule has 3 nitrogen and oxygen atoms in total. The Morgan fingerprint density at radius 2 is 2.67 bits per heavy atom. The predicted molar refractivity (Wildman–Crippen MR) is 31.8 cm³/mol. The van der Waals surface area contributed by atoms with Crippen LogP contribution in [0.1, 0.15) is 25.2 Å². The summed E-state index contributed by atoms with van der Waals surface area (Å²) in [4.78, 5) is 0. The average molecular weight is 127 g/mol. The van der Waals surface area contributed by atoms with Gasteiger partial charge < -0.3 is 9.63 Å². The number of aromatic nitrogens is 1. The second kappa shape index (κ2) is 2.64. The Labute approximate surface area is 53.3 Å². The van der Waals surface area contributed by atoms with Crippen molar-refractivity contribution in [2.24, 2.45) is 0 Å². The minimum absolute atomic E-state index is 0.493. The second-order valence-corrected chi connectivity index (χ2v) is 1.84. The van der Waals surface area contributed by atoms with Gasteiger partial charge in [-0.2, -0.15) is 0 Å². The van der Waals surface area contributed by atoms with E-state index in [9.17, 15) is 0 Å². The molecule has 1 heterocycles. The van der Waals surface area contributed by atoms with Crippen LogP contribution in [0.15, 0.2) is 16.8 Å². The molecule has 0 aliphatic heterocycles. The predicted octanol–water partition coefficient (Wildman–Crippen LogP) is 1.12. The number of hydrogen-bond acceptors (Lipinski definition) is 3. The van der Waals surface area contributed by atoms with Crippen LogP contribution in [0, 0.1) is 0 Å². The fourth-order valence-corrected chi connectivity index (χ4v) is 0.599. The van der Waals surface area contributed by atoms with Crippen LogP contribution in [0.5, 0.6) is 0 Å². The summed E-state index contributed by atoms with van der Waals surface area (Å²) in [5.74, 6) is 0.539. The topological polar surface area (TPSA) is 46.3 Å². The molecule has 0 aliphatic rings. The maximum atomic E-state index is 9.08. The minimum atomic E-state index is -0.493. The Bertz CT molecular complexity index is 160. The van der Waals surface area contributed by atoms with E-state index in [2.05, 4.69) is 9.68 Å². The standard InChI is InChI=1S/C6H9NO2/c1-2-5(8)6-3-4-7-9-6/h3-5,8H,2H2,1H3. The molecule has 0 saturated carbocycles. The molecule has 0 bridgehead atoms. The molecule has 0 amide bonds. The van der Waals surface area contributed by atoms with Crippen LogP contribution in [0.4, 0.5) is 0 Å². The zero-order chi connectivity index (χ0) is 6.69. The van der Waals surface area contributed by atoms with E-state index in [0.717, 1.165) is 0 Å². The molecule has 0 aliphatic carbocycles. The van der Waals surface area contributed by atoms with E-state index in [1.54, 1.807) is 6.07 Å². The van der Waals surface area contributed by atoms with Gasteiger partial charge in [0.2, 0.25) is 0 Å². The lowest BCUT2D eigenvalue weighted by atomic mass is 10.2. The van der Waals surface area contributed by atoms with Crippen LogP contribution in [0.3, 0.4) is 0 Å². The summed E-state index contributed by atoms with van der Waals surface area (Å²) < 4.78 is 4.69. The number of nitrogens with zero attached hydrogens (tertiary/aromatic N) is 1. The first kappa shape index (κ1) is 6.29. The van der Waals surface area contributed by atoms with Crippen molar-refractivity contribution in [3.63, 3.8) is 0 Å². The minimum Gasteiger partial charge on any atom is -0.385 e. The summed E-state index contributed by atoms with van der Waals surface area (Å²) in [6, 6.07) is 1.66. The van der Waals surface area contributed by atoms with Gasteiger partial charge in [-0.3, -0.25) is 0 Å². The van der Waals surface area contributed by atoms with E-state index in [4.69, 9.17) is 5.11 Å². The Balaban J connectivity index is 2.65. The Morgan fingerprint density at radius 3 is 3.11 bits per heavy atom. The molecular formula is C6H9NO2. The van der Waals surface area contributed by atoms with Crippen LogP contribution < -0.4 is 0 Å². The number of rotatable bonds is 2. The molecule has 0 radical (unpaired) electrons. The first-order valence-electron chi connectivity index (χ1n) is 2.93. The van der Waals surface area contributed by atoms with Gasteiger partial charge in [0, 0.05) is 6.07 Å².